The lowest BCUT2D eigenvalue weighted by molar-refractivity contribution is -0.384. The number of non-ortho nitro benzene ring substituents is 1. The molecule has 0 amide bonds. The predicted octanol–water partition coefficient (Wildman–Crippen LogP) is 2.53. The number of hydrogen-bond acceptors (Lipinski definition) is 5. The summed E-state index contributed by atoms with van der Waals surface area (Å²) in [6, 6.07) is 12.3. The second-order valence-corrected chi connectivity index (χ2v) is 5.19. The summed E-state index contributed by atoms with van der Waals surface area (Å²) < 4.78 is 23.3. The van der Waals surface area contributed by atoms with Crippen LogP contribution in [-0.2, 0) is 17.9 Å². The van der Waals surface area contributed by atoms with E-state index in [-0.39, 0.29) is 5.69 Å². The molecule has 0 heterocycles. The third kappa shape index (κ3) is 6.55. The highest BCUT2D eigenvalue weighted by Gasteiger charge is 2.05. The first-order valence-corrected chi connectivity index (χ1v) is 7.71. The number of benzene rings is 2. The maximum absolute atomic E-state index is 10.5. The van der Waals surface area contributed by atoms with Crippen LogP contribution in [0.3, 0.4) is 0 Å². The van der Waals surface area contributed by atoms with Crippen LogP contribution >= 0.6 is 0 Å². The number of hydrogen-bond donors (Lipinski definition) is 1. The number of nitro groups is 1. The highest BCUT2D eigenvalue weighted by molar-refractivity contribution is 7.76. The number of nitrogens with zero attached hydrogens (tertiary/aromatic N) is 1. The lowest BCUT2D eigenvalue weighted by atomic mass is 10.1. The van der Waals surface area contributed by atoms with Gasteiger partial charge >= 0.3 is 0 Å². The fourth-order valence-electron chi connectivity index (χ4n) is 1.76. The van der Waals surface area contributed by atoms with Crippen molar-refractivity contribution in [2.75, 3.05) is 0 Å². The molecular formula is C15H17N2O5S-. The first-order chi connectivity index (χ1) is 10.8. The fraction of sp³-hybridized carbons (Fsp3) is 0.200. The molecule has 7 nitrogen and oxygen atoms in total. The third-order valence-electron chi connectivity index (χ3n) is 3.10. The van der Waals surface area contributed by atoms with Gasteiger partial charge in [0.1, 0.15) is 12.4 Å². The van der Waals surface area contributed by atoms with Crippen molar-refractivity contribution >= 4 is 17.0 Å². The second kappa shape index (κ2) is 8.99. The molecule has 124 valence electrons. The summed E-state index contributed by atoms with van der Waals surface area (Å²) in [7, 11) is 0. The Morgan fingerprint density at radius 3 is 2.26 bits per heavy atom. The normalized spacial score (nSPS) is 11.1. The average Bonchev–Trinajstić information content (AvgIpc) is 2.48. The molecule has 2 aromatic carbocycles. The van der Waals surface area contributed by atoms with Gasteiger partial charge in [-0.2, -0.15) is 0 Å². The maximum atomic E-state index is 10.5. The van der Waals surface area contributed by atoms with E-state index in [0.29, 0.717) is 6.61 Å². The molecule has 0 saturated heterocycles. The Balaban J connectivity index is 0.000000593. The summed E-state index contributed by atoms with van der Waals surface area (Å²) in [6.07, 6.45) is 0. The number of rotatable bonds is 4. The lowest BCUT2D eigenvalue weighted by Gasteiger charge is -2.10. The van der Waals surface area contributed by atoms with Gasteiger partial charge in [-0.05, 0) is 48.7 Å². The summed E-state index contributed by atoms with van der Waals surface area (Å²) >= 11 is -2.36. The molecule has 0 aliphatic heterocycles. The van der Waals surface area contributed by atoms with Gasteiger partial charge in [0.25, 0.3) is 5.69 Å². The molecule has 0 aliphatic rings. The molecule has 0 spiro atoms. The minimum Gasteiger partial charge on any atom is -0.760 e. The van der Waals surface area contributed by atoms with E-state index < -0.39 is 16.2 Å². The van der Waals surface area contributed by atoms with Crippen molar-refractivity contribution in [3.63, 3.8) is 0 Å². The van der Waals surface area contributed by atoms with E-state index in [2.05, 4.69) is 5.14 Å². The van der Waals surface area contributed by atoms with Gasteiger partial charge in [0.2, 0.25) is 0 Å². The van der Waals surface area contributed by atoms with Crippen molar-refractivity contribution in [1.82, 2.24) is 0 Å². The molecule has 0 radical (unpaired) electrons. The molecule has 23 heavy (non-hydrogen) atoms. The Hall–Kier alpha value is -2.29. The van der Waals surface area contributed by atoms with Crippen molar-refractivity contribution in [2.24, 2.45) is 5.14 Å². The molecule has 0 bridgehead atoms. The maximum Gasteiger partial charge on any atom is 0.269 e. The van der Waals surface area contributed by atoms with Crippen LogP contribution in [0, 0.1) is 24.0 Å². The molecule has 0 aromatic heterocycles. The van der Waals surface area contributed by atoms with Crippen molar-refractivity contribution in [3.8, 4) is 5.75 Å². The van der Waals surface area contributed by atoms with Gasteiger partial charge in [0.15, 0.2) is 0 Å². The van der Waals surface area contributed by atoms with Crippen LogP contribution in [0.4, 0.5) is 5.69 Å². The van der Waals surface area contributed by atoms with Gasteiger partial charge < -0.3 is 9.29 Å². The van der Waals surface area contributed by atoms with E-state index in [9.17, 15) is 10.1 Å². The van der Waals surface area contributed by atoms with Crippen LogP contribution in [0.1, 0.15) is 16.7 Å². The minimum absolute atomic E-state index is 0.0930. The van der Waals surface area contributed by atoms with E-state index >= 15 is 0 Å². The van der Waals surface area contributed by atoms with Crippen LogP contribution in [0.15, 0.2) is 42.5 Å². The first-order valence-electron chi connectivity index (χ1n) is 6.57. The topological polar surface area (TPSA) is 119 Å². The number of aryl methyl sites for hydroxylation is 1. The van der Waals surface area contributed by atoms with E-state index in [1.807, 2.05) is 32.0 Å². The van der Waals surface area contributed by atoms with Crippen molar-refractivity contribution in [2.45, 2.75) is 20.5 Å². The Labute approximate surface area is 136 Å². The van der Waals surface area contributed by atoms with E-state index in [0.717, 1.165) is 16.9 Å². The first kappa shape index (κ1) is 18.8. The van der Waals surface area contributed by atoms with Crippen molar-refractivity contribution < 1.29 is 18.4 Å². The summed E-state index contributed by atoms with van der Waals surface area (Å²) in [5.41, 5.74) is 3.30. The molecule has 0 fully saturated rings. The van der Waals surface area contributed by atoms with E-state index in [1.165, 1.54) is 17.7 Å². The van der Waals surface area contributed by atoms with Gasteiger partial charge in [-0.3, -0.25) is 19.5 Å². The lowest BCUT2D eigenvalue weighted by Crippen LogP contribution is -1.98. The summed E-state index contributed by atoms with van der Waals surface area (Å²) in [5, 5.41) is 14.6. The van der Waals surface area contributed by atoms with Crippen LogP contribution in [0.2, 0.25) is 0 Å². The zero-order valence-corrected chi connectivity index (χ0v) is 13.5. The molecule has 2 aromatic rings. The number of nitrogens with two attached hydrogens (primary N) is 1. The Kier molecular flexibility index (Phi) is 7.33. The molecule has 0 aliphatic carbocycles. The van der Waals surface area contributed by atoms with E-state index in [1.54, 1.807) is 12.1 Å². The molecule has 1 unspecified atom stereocenters. The van der Waals surface area contributed by atoms with Crippen molar-refractivity contribution in [3.05, 3.63) is 69.3 Å². The molecule has 1 atom stereocenters. The smallest absolute Gasteiger partial charge is 0.269 e. The van der Waals surface area contributed by atoms with Crippen molar-refractivity contribution in [1.29, 1.82) is 0 Å². The quantitative estimate of drug-likeness (QED) is 0.522. The third-order valence-corrected chi connectivity index (χ3v) is 3.10. The summed E-state index contributed by atoms with van der Waals surface area (Å²) in [5.74, 6) is 0.846. The van der Waals surface area contributed by atoms with Gasteiger partial charge in [-0.1, -0.05) is 12.1 Å². The molecule has 8 heteroatoms. The Morgan fingerprint density at radius 2 is 1.74 bits per heavy atom. The minimum atomic E-state index is -2.36. The zero-order valence-electron chi connectivity index (χ0n) is 12.7. The fourth-order valence-corrected chi connectivity index (χ4v) is 1.76. The largest absolute Gasteiger partial charge is 0.760 e. The molecule has 2 rings (SSSR count). The van der Waals surface area contributed by atoms with Crippen LogP contribution in [-0.4, -0.2) is 13.7 Å². The van der Waals surface area contributed by atoms with Gasteiger partial charge in [0, 0.05) is 23.4 Å². The van der Waals surface area contributed by atoms with Crippen LogP contribution in [0.5, 0.6) is 5.75 Å². The predicted molar refractivity (Wildman–Crippen MR) is 86.5 cm³/mol. The van der Waals surface area contributed by atoms with Crippen LogP contribution in [0.25, 0.3) is 0 Å². The van der Waals surface area contributed by atoms with Gasteiger partial charge in [-0.25, -0.2) is 0 Å². The average molecular weight is 337 g/mol. The number of nitro benzene ring substituents is 1. The number of ether oxygens (including phenoxy) is 1. The zero-order chi connectivity index (χ0) is 17.4. The molecule has 0 saturated carbocycles. The SMILES string of the molecule is Cc1cccc(OCc2ccc([N+](=O)[O-])cc2)c1C.NS(=O)[O-]. The van der Waals surface area contributed by atoms with Gasteiger partial charge in [0.05, 0.1) is 4.92 Å². The highest BCUT2D eigenvalue weighted by atomic mass is 32.2. The molecular weight excluding hydrogens is 320 g/mol. The van der Waals surface area contributed by atoms with Gasteiger partial charge in [-0.15, -0.1) is 0 Å². The Bertz CT molecular complexity index is 685. The second-order valence-electron chi connectivity index (χ2n) is 4.67. The molecule has 2 N–H and O–H groups in total. The summed E-state index contributed by atoms with van der Waals surface area (Å²) in [4.78, 5) is 10.1. The highest BCUT2D eigenvalue weighted by Crippen LogP contribution is 2.22. The Morgan fingerprint density at radius 1 is 1.17 bits per heavy atom. The monoisotopic (exact) mass is 337 g/mol. The van der Waals surface area contributed by atoms with Crippen LogP contribution < -0.4 is 9.88 Å². The standard InChI is InChI=1S/C15H15NO3.H3NO2S/c1-11-4-3-5-15(12(11)2)19-10-13-6-8-14(9-7-13)16(17)18;1-4(2)3/h3-9H,10H2,1-2H3;1H2,(H,2,3)/p-1. The van der Waals surface area contributed by atoms with E-state index in [4.69, 9.17) is 13.5 Å². The summed E-state index contributed by atoms with van der Waals surface area (Å²) in [6.45, 7) is 4.46.